The maximum atomic E-state index is 11.9. The topological polar surface area (TPSA) is 46.5 Å². The van der Waals surface area contributed by atoms with Crippen LogP contribution in [0.1, 0.15) is 65.2 Å². The van der Waals surface area contributed by atoms with E-state index in [0.29, 0.717) is 6.61 Å². The van der Waals surface area contributed by atoms with E-state index in [0.717, 1.165) is 44.4 Å². The van der Waals surface area contributed by atoms with Gasteiger partial charge in [0, 0.05) is 0 Å². The van der Waals surface area contributed by atoms with E-state index >= 15 is 0 Å². The predicted molar refractivity (Wildman–Crippen MR) is 71.3 cm³/mol. The standard InChI is InChI=1S/C13H27O3P/c1-12(2)8-4-3-7-11-16-17(14,15)13-9-5-6-10-13/h12-13H,3-11H2,1-2H3,(H,14,15). The van der Waals surface area contributed by atoms with Crippen LogP contribution in [0, 0.1) is 5.92 Å². The highest BCUT2D eigenvalue weighted by atomic mass is 31.2. The molecule has 0 heterocycles. The third-order valence-electron chi connectivity index (χ3n) is 3.49. The van der Waals surface area contributed by atoms with Gasteiger partial charge in [0.25, 0.3) is 0 Å². The molecule has 0 bridgehead atoms. The quantitative estimate of drug-likeness (QED) is 0.522. The molecule has 17 heavy (non-hydrogen) atoms. The molecule has 0 spiro atoms. The number of rotatable bonds is 8. The second kappa shape index (κ2) is 7.56. The molecule has 0 aromatic rings. The zero-order chi connectivity index (χ0) is 12.7. The molecular weight excluding hydrogens is 235 g/mol. The minimum absolute atomic E-state index is 0.0850. The average molecular weight is 262 g/mol. The normalized spacial score (nSPS) is 20.9. The van der Waals surface area contributed by atoms with Gasteiger partial charge < -0.3 is 9.42 Å². The third-order valence-corrected chi connectivity index (χ3v) is 5.48. The molecule has 4 heteroatoms. The van der Waals surface area contributed by atoms with Crippen LogP contribution in [0.4, 0.5) is 0 Å². The van der Waals surface area contributed by atoms with Crippen molar-refractivity contribution in [2.75, 3.05) is 6.61 Å². The smallest absolute Gasteiger partial charge is 0.324 e. The molecule has 0 aliphatic heterocycles. The number of unbranched alkanes of at least 4 members (excludes halogenated alkanes) is 2. The molecule has 1 aliphatic rings. The Hall–Kier alpha value is 0.150. The Labute approximate surface area is 105 Å². The van der Waals surface area contributed by atoms with Crippen molar-refractivity contribution in [2.24, 2.45) is 5.92 Å². The van der Waals surface area contributed by atoms with Crippen LogP contribution in [0.25, 0.3) is 0 Å². The maximum Gasteiger partial charge on any atom is 0.331 e. The molecular formula is C13H27O3P. The van der Waals surface area contributed by atoms with E-state index in [9.17, 15) is 9.46 Å². The molecule has 0 amide bonds. The van der Waals surface area contributed by atoms with Crippen molar-refractivity contribution in [1.29, 1.82) is 0 Å². The Kier molecular flexibility index (Phi) is 6.76. The summed E-state index contributed by atoms with van der Waals surface area (Å²) in [6.07, 6.45) is 8.31. The summed E-state index contributed by atoms with van der Waals surface area (Å²) in [6.45, 7) is 4.89. The first-order valence-electron chi connectivity index (χ1n) is 6.99. The van der Waals surface area contributed by atoms with Gasteiger partial charge in [0.15, 0.2) is 0 Å². The van der Waals surface area contributed by atoms with E-state index in [1.165, 1.54) is 12.8 Å². The van der Waals surface area contributed by atoms with E-state index in [-0.39, 0.29) is 5.66 Å². The summed E-state index contributed by atoms with van der Waals surface area (Å²) < 4.78 is 17.1. The second-order valence-corrected chi connectivity index (χ2v) is 7.70. The van der Waals surface area contributed by atoms with Crippen molar-refractivity contribution in [3.8, 4) is 0 Å². The fourth-order valence-electron chi connectivity index (χ4n) is 2.36. The van der Waals surface area contributed by atoms with E-state index in [1.54, 1.807) is 0 Å². The highest BCUT2D eigenvalue weighted by Gasteiger charge is 2.34. The Bertz CT molecular complexity index is 247. The van der Waals surface area contributed by atoms with Gasteiger partial charge in [-0.3, -0.25) is 4.57 Å². The van der Waals surface area contributed by atoms with Crippen molar-refractivity contribution in [3.63, 3.8) is 0 Å². The lowest BCUT2D eigenvalue weighted by Crippen LogP contribution is -2.06. The molecule has 1 N–H and O–H groups in total. The Morgan fingerprint density at radius 3 is 2.47 bits per heavy atom. The molecule has 0 saturated heterocycles. The zero-order valence-electron chi connectivity index (χ0n) is 11.2. The fraction of sp³-hybridized carbons (Fsp3) is 1.00. The minimum Gasteiger partial charge on any atom is -0.324 e. The van der Waals surface area contributed by atoms with Crippen molar-refractivity contribution in [1.82, 2.24) is 0 Å². The lowest BCUT2D eigenvalue weighted by atomic mass is 10.1. The maximum absolute atomic E-state index is 11.9. The van der Waals surface area contributed by atoms with Crippen LogP contribution in [0.2, 0.25) is 0 Å². The van der Waals surface area contributed by atoms with Gasteiger partial charge in [-0.15, -0.1) is 0 Å². The SMILES string of the molecule is CC(C)CCCCCOP(=O)(O)C1CCCC1. The molecule has 1 atom stereocenters. The molecule has 1 fully saturated rings. The van der Waals surface area contributed by atoms with Crippen molar-refractivity contribution in [3.05, 3.63) is 0 Å². The van der Waals surface area contributed by atoms with Crippen molar-refractivity contribution >= 4 is 7.60 Å². The second-order valence-electron chi connectivity index (χ2n) is 5.58. The molecule has 1 rings (SSSR count). The van der Waals surface area contributed by atoms with Gasteiger partial charge in [0.2, 0.25) is 0 Å². The van der Waals surface area contributed by atoms with Gasteiger partial charge in [-0.1, -0.05) is 46.0 Å². The molecule has 1 unspecified atom stereocenters. The highest BCUT2D eigenvalue weighted by Crippen LogP contribution is 2.53. The molecule has 0 aromatic heterocycles. The lowest BCUT2D eigenvalue weighted by molar-refractivity contribution is 0.244. The van der Waals surface area contributed by atoms with Gasteiger partial charge in [0.1, 0.15) is 0 Å². The minimum atomic E-state index is -3.31. The van der Waals surface area contributed by atoms with Crippen molar-refractivity contribution < 1.29 is 14.0 Å². The van der Waals surface area contributed by atoms with Crippen LogP contribution in [0.3, 0.4) is 0 Å². The van der Waals surface area contributed by atoms with E-state index < -0.39 is 7.60 Å². The van der Waals surface area contributed by atoms with Crippen LogP contribution >= 0.6 is 7.60 Å². The predicted octanol–water partition coefficient (Wildman–Crippen LogP) is 4.35. The van der Waals surface area contributed by atoms with Crippen LogP contribution in [-0.2, 0) is 9.09 Å². The Morgan fingerprint density at radius 2 is 1.88 bits per heavy atom. The summed E-state index contributed by atoms with van der Waals surface area (Å²) in [5.41, 5.74) is -0.0850. The van der Waals surface area contributed by atoms with Crippen LogP contribution in [0.5, 0.6) is 0 Å². The van der Waals surface area contributed by atoms with Gasteiger partial charge >= 0.3 is 7.60 Å². The summed E-state index contributed by atoms with van der Waals surface area (Å²) in [5, 5.41) is 0. The van der Waals surface area contributed by atoms with Gasteiger partial charge in [-0.25, -0.2) is 0 Å². The van der Waals surface area contributed by atoms with Crippen molar-refractivity contribution in [2.45, 2.75) is 70.9 Å². The Balaban J connectivity index is 2.06. The summed E-state index contributed by atoms with van der Waals surface area (Å²) in [4.78, 5) is 9.79. The number of hydrogen-bond donors (Lipinski definition) is 1. The van der Waals surface area contributed by atoms with E-state index in [1.807, 2.05) is 0 Å². The van der Waals surface area contributed by atoms with E-state index in [2.05, 4.69) is 13.8 Å². The molecule has 0 aromatic carbocycles. The van der Waals surface area contributed by atoms with Crippen LogP contribution < -0.4 is 0 Å². The summed E-state index contributed by atoms with van der Waals surface area (Å²) in [6, 6.07) is 0. The molecule has 0 radical (unpaired) electrons. The zero-order valence-corrected chi connectivity index (χ0v) is 12.1. The molecule has 102 valence electrons. The first kappa shape index (κ1) is 15.2. The van der Waals surface area contributed by atoms with Gasteiger partial charge in [-0.2, -0.15) is 0 Å². The average Bonchev–Trinajstić information content (AvgIpc) is 2.76. The van der Waals surface area contributed by atoms with E-state index in [4.69, 9.17) is 4.52 Å². The Morgan fingerprint density at radius 1 is 1.24 bits per heavy atom. The number of hydrogen-bond acceptors (Lipinski definition) is 2. The largest absolute Gasteiger partial charge is 0.331 e. The summed E-state index contributed by atoms with van der Waals surface area (Å²) in [7, 11) is -3.31. The summed E-state index contributed by atoms with van der Waals surface area (Å²) in [5.74, 6) is 0.748. The van der Waals surface area contributed by atoms with Crippen LogP contribution in [-0.4, -0.2) is 17.2 Å². The highest BCUT2D eigenvalue weighted by molar-refractivity contribution is 7.53. The first-order valence-corrected chi connectivity index (χ1v) is 8.64. The monoisotopic (exact) mass is 262 g/mol. The molecule has 3 nitrogen and oxygen atoms in total. The third kappa shape index (κ3) is 6.03. The fourth-order valence-corrected chi connectivity index (χ4v) is 3.98. The van der Waals surface area contributed by atoms with Gasteiger partial charge in [0.05, 0.1) is 12.3 Å². The van der Waals surface area contributed by atoms with Crippen LogP contribution in [0.15, 0.2) is 0 Å². The van der Waals surface area contributed by atoms with Gasteiger partial charge in [-0.05, 0) is 25.2 Å². The molecule has 1 saturated carbocycles. The molecule has 1 aliphatic carbocycles. The first-order chi connectivity index (χ1) is 8.02. The summed E-state index contributed by atoms with van der Waals surface area (Å²) >= 11 is 0. The lowest BCUT2D eigenvalue weighted by Gasteiger charge is -2.17.